The zero-order valence-corrected chi connectivity index (χ0v) is 8.65. The third kappa shape index (κ3) is 3.09. The van der Waals surface area contributed by atoms with E-state index in [-0.39, 0.29) is 5.91 Å². The van der Waals surface area contributed by atoms with Crippen molar-refractivity contribution in [1.29, 1.82) is 0 Å². The Morgan fingerprint density at radius 2 is 1.80 bits per heavy atom. The predicted octanol–water partition coefficient (Wildman–Crippen LogP) is 2.30. The van der Waals surface area contributed by atoms with Crippen LogP contribution < -0.4 is 0 Å². The van der Waals surface area contributed by atoms with Crippen LogP contribution in [0.1, 0.15) is 10.4 Å². The van der Waals surface area contributed by atoms with Gasteiger partial charge in [-0.05, 0) is 18.2 Å². The van der Waals surface area contributed by atoms with E-state index in [4.69, 9.17) is 0 Å². The first-order valence-electron chi connectivity index (χ1n) is 4.76. The summed E-state index contributed by atoms with van der Waals surface area (Å²) >= 11 is 0. The summed E-state index contributed by atoms with van der Waals surface area (Å²) in [4.78, 5) is 13.6. The Morgan fingerprint density at radius 1 is 1.27 bits per heavy atom. The number of benzene rings is 1. The Morgan fingerprint density at radius 3 is 2.27 bits per heavy atom. The van der Waals surface area contributed by atoms with Crippen molar-refractivity contribution in [2.75, 3.05) is 13.1 Å². The summed E-state index contributed by atoms with van der Waals surface area (Å²) in [5.41, 5.74) is 0.664. The molecule has 0 aliphatic rings. The van der Waals surface area contributed by atoms with E-state index < -0.39 is 0 Å². The van der Waals surface area contributed by atoms with Crippen molar-refractivity contribution in [3.8, 4) is 0 Å². The molecule has 0 heterocycles. The minimum absolute atomic E-state index is 0.0104. The molecule has 1 aromatic carbocycles. The average molecular weight is 200 g/mol. The minimum Gasteiger partial charge on any atom is -0.331 e. The Kier molecular flexibility index (Phi) is 4.35. The molecule has 0 bridgehead atoms. The van der Waals surface area contributed by atoms with Crippen molar-refractivity contribution in [1.82, 2.24) is 4.90 Å². The van der Waals surface area contributed by atoms with Crippen molar-refractivity contribution >= 4 is 5.91 Å². The van der Waals surface area contributed by atoms with Crippen LogP contribution in [-0.4, -0.2) is 23.9 Å². The van der Waals surface area contributed by atoms with Crippen molar-refractivity contribution in [3.05, 3.63) is 61.2 Å². The van der Waals surface area contributed by atoms with Crippen LogP contribution in [0.3, 0.4) is 0 Å². The average Bonchev–Trinajstić information content (AvgIpc) is 2.29. The second kappa shape index (κ2) is 5.81. The van der Waals surface area contributed by atoms with Crippen LogP contribution in [0.25, 0.3) is 0 Å². The van der Waals surface area contributed by atoms with Crippen LogP contribution in [0.2, 0.25) is 0 Å². The second-order valence-electron chi connectivity index (χ2n) is 3.08. The van der Waals surface area contributed by atoms with Crippen LogP contribution in [-0.2, 0) is 0 Å². The lowest BCUT2D eigenvalue weighted by molar-refractivity contribution is 0.0791. The Labute approximate surface area is 90.5 Å². The molecule has 1 aromatic rings. The van der Waals surface area contributed by atoms with Gasteiger partial charge in [-0.25, -0.2) is 0 Å². The summed E-state index contributed by atoms with van der Waals surface area (Å²) in [5.74, 6) is -0.0104. The quantitative estimate of drug-likeness (QED) is 0.668. The van der Waals surface area contributed by atoms with Gasteiger partial charge in [0.25, 0.3) is 5.91 Å². The molecule has 15 heavy (non-hydrogen) atoms. The van der Waals surface area contributed by atoms with Crippen molar-refractivity contribution in [2.24, 2.45) is 0 Å². The van der Waals surface area contributed by atoms with E-state index in [0.29, 0.717) is 18.7 Å². The number of carbonyl (C=O) groups excluding carboxylic acids is 1. The molecule has 0 atom stereocenters. The molecule has 0 saturated heterocycles. The highest BCUT2D eigenvalue weighted by Gasteiger charge is 2.11. The van der Waals surface area contributed by atoms with Crippen LogP contribution in [0.4, 0.5) is 0 Å². The lowest BCUT2D eigenvalue weighted by Crippen LogP contribution is -2.31. The maximum absolute atomic E-state index is 11.9. The molecule has 1 radical (unpaired) electrons. The van der Waals surface area contributed by atoms with E-state index in [1.165, 1.54) is 0 Å². The zero-order valence-electron chi connectivity index (χ0n) is 8.65. The molecule has 77 valence electrons. The van der Waals surface area contributed by atoms with Gasteiger partial charge in [-0.1, -0.05) is 24.3 Å². The molecule has 0 fully saturated rings. The molecule has 1 rings (SSSR count). The first-order valence-corrected chi connectivity index (χ1v) is 4.76. The molecular weight excluding hydrogens is 186 g/mol. The normalized spacial score (nSPS) is 9.33. The summed E-state index contributed by atoms with van der Waals surface area (Å²) in [6.45, 7) is 8.31. The largest absolute Gasteiger partial charge is 0.331 e. The minimum atomic E-state index is -0.0104. The SMILES string of the molecule is C=CCN(CC=C)C(=O)c1cc[c]cc1. The molecule has 0 N–H and O–H groups in total. The van der Waals surface area contributed by atoms with E-state index >= 15 is 0 Å². The summed E-state index contributed by atoms with van der Waals surface area (Å²) in [7, 11) is 0. The Bertz CT molecular complexity index is 333. The van der Waals surface area contributed by atoms with Crippen molar-refractivity contribution < 1.29 is 4.79 Å². The Hall–Kier alpha value is -1.83. The van der Waals surface area contributed by atoms with Gasteiger partial charge in [0.2, 0.25) is 0 Å². The number of rotatable bonds is 5. The number of hydrogen-bond acceptors (Lipinski definition) is 1. The van der Waals surface area contributed by atoms with E-state index in [9.17, 15) is 4.79 Å². The van der Waals surface area contributed by atoms with Crippen molar-refractivity contribution in [2.45, 2.75) is 0 Å². The fraction of sp³-hybridized carbons (Fsp3) is 0.154. The maximum atomic E-state index is 11.9. The highest BCUT2D eigenvalue weighted by Crippen LogP contribution is 2.04. The van der Waals surface area contributed by atoms with Crippen LogP contribution in [0, 0.1) is 6.07 Å². The molecule has 0 saturated carbocycles. The van der Waals surface area contributed by atoms with Gasteiger partial charge in [0.05, 0.1) is 0 Å². The molecule has 0 aliphatic heterocycles. The monoisotopic (exact) mass is 200 g/mol. The predicted molar refractivity (Wildman–Crippen MR) is 61.6 cm³/mol. The molecule has 0 unspecified atom stereocenters. The van der Waals surface area contributed by atoms with Crippen LogP contribution in [0.5, 0.6) is 0 Å². The molecule has 1 amide bonds. The molecule has 2 heteroatoms. The van der Waals surface area contributed by atoms with Gasteiger partial charge in [-0.3, -0.25) is 4.79 Å². The lowest BCUT2D eigenvalue weighted by atomic mass is 10.2. The smallest absolute Gasteiger partial charge is 0.254 e. The van der Waals surface area contributed by atoms with E-state index in [2.05, 4.69) is 19.2 Å². The van der Waals surface area contributed by atoms with Gasteiger partial charge >= 0.3 is 0 Å². The van der Waals surface area contributed by atoms with E-state index in [0.717, 1.165) is 0 Å². The standard InChI is InChI=1S/C13H14NO/c1-3-10-14(11-4-2)13(15)12-8-6-5-7-9-12/h3-4,6-9H,1-2,10-11H2. The maximum Gasteiger partial charge on any atom is 0.254 e. The second-order valence-corrected chi connectivity index (χ2v) is 3.08. The molecule has 0 aromatic heterocycles. The van der Waals surface area contributed by atoms with Gasteiger partial charge < -0.3 is 4.90 Å². The first kappa shape index (κ1) is 11.2. The number of carbonyl (C=O) groups is 1. The van der Waals surface area contributed by atoms with Crippen LogP contribution in [0.15, 0.2) is 49.6 Å². The van der Waals surface area contributed by atoms with Crippen molar-refractivity contribution in [3.63, 3.8) is 0 Å². The third-order valence-corrected chi connectivity index (χ3v) is 1.95. The summed E-state index contributed by atoms with van der Waals surface area (Å²) in [6, 6.07) is 9.84. The summed E-state index contributed by atoms with van der Waals surface area (Å²) in [5, 5.41) is 0. The summed E-state index contributed by atoms with van der Waals surface area (Å²) < 4.78 is 0. The summed E-state index contributed by atoms with van der Waals surface area (Å²) in [6.07, 6.45) is 3.41. The number of nitrogens with zero attached hydrogens (tertiary/aromatic N) is 1. The van der Waals surface area contributed by atoms with Gasteiger partial charge in [-0.15, -0.1) is 13.2 Å². The van der Waals surface area contributed by atoms with Gasteiger partial charge in [0.1, 0.15) is 0 Å². The molecule has 0 spiro atoms. The molecular formula is C13H14NO. The number of amides is 1. The first-order chi connectivity index (χ1) is 7.29. The van der Waals surface area contributed by atoms with Gasteiger partial charge in [0.15, 0.2) is 0 Å². The highest BCUT2D eigenvalue weighted by atomic mass is 16.2. The van der Waals surface area contributed by atoms with Gasteiger partial charge in [0, 0.05) is 18.7 Å². The fourth-order valence-electron chi connectivity index (χ4n) is 1.26. The topological polar surface area (TPSA) is 20.3 Å². The fourth-order valence-corrected chi connectivity index (χ4v) is 1.26. The molecule has 2 nitrogen and oxygen atoms in total. The third-order valence-electron chi connectivity index (χ3n) is 1.95. The number of hydrogen-bond donors (Lipinski definition) is 0. The van der Waals surface area contributed by atoms with E-state index in [1.54, 1.807) is 41.3 Å². The highest BCUT2D eigenvalue weighted by molar-refractivity contribution is 5.94. The lowest BCUT2D eigenvalue weighted by Gasteiger charge is -2.19. The van der Waals surface area contributed by atoms with E-state index in [1.807, 2.05) is 0 Å². The van der Waals surface area contributed by atoms with Crippen LogP contribution >= 0.6 is 0 Å². The molecule has 0 aliphatic carbocycles. The zero-order chi connectivity index (χ0) is 11.1. The van der Waals surface area contributed by atoms with Gasteiger partial charge in [-0.2, -0.15) is 0 Å². The Balaban J connectivity index is 2.80.